The molecule has 1 aromatic carbocycles. The van der Waals surface area contributed by atoms with Crippen LogP contribution in [0.3, 0.4) is 0 Å². The summed E-state index contributed by atoms with van der Waals surface area (Å²) in [5, 5.41) is 0. The lowest BCUT2D eigenvalue weighted by molar-refractivity contribution is -0.120. The number of aromatic amines is 1. The van der Waals surface area contributed by atoms with Gasteiger partial charge in [-0.15, -0.1) is 0 Å². The highest BCUT2D eigenvalue weighted by atomic mass is 16.4. The van der Waals surface area contributed by atoms with Crippen LogP contribution in [0.2, 0.25) is 0 Å². The van der Waals surface area contributed by atoms with Crippen LogP contribution in [0.15, 0.2) is 27.4 Å². The van der Waals surface area contributed by atoms with Crippen molar-refractivity contribution in [2.24, 2.45) is 5.84 Å². The molecule has 2 aromatic rings. The molecule has 0 atom stereocenters. The third kappa shape index (κ3) is 1.89. The minimum absolute atomic E-state index is 0.166. The fourth-order valence-electron chi connectivity index (χ4n) is 1.35. The van der Waals surface area contributed by atoms with Gasteiger partial charge in [-0.05, 0) is 17.7 Å². The minimum atomic E-state index is -0.509. The maximum Gasteiger partial charge on any atom is 0.417 e. The van der Waals surface area contributed by atoms with E-state index in [-0.39, 0.29) is 12.3 Å². The molecule has 0 bridgehead atoms. The van der Waals surface area contributed by atoms with E-state index in [1.54, 1.807) is 18.2 Å². The highest BCUT2D eigenvalue weighted by molar-refractivity contribution is 5.80. The molecule has 0 radical (unpaired) electrons. The first kappa shape index (κ1) is 9.47. The normalized spacial score (nSPS) is 10.5. The Labute approximate surface area is 84.0 Å². The van der Waals surface area contributed by atoms with E-state index in [1.807, 2.05) is 5.43 Å². The lowest BCUT2D eigenvalue weighted by Crippen LogP contribution is -2.31. The number of carbonyl (C=O) groups is 1. The second kappa shape index (κ2) is 3.58. The maximum atomic E-state index is 11.0. The van der Waals surface area contributed by atoms with Crippen LogP contribution in [0.4, 0.5) is 0 Å². The number of oxazole rings is 1. The molecule has 2 rings (SSSR count). The fraction of sp³-hybridized carbons (Fsp3) is 0.111. The monoisotopic (exact) mass is 207 g/mol. The molecule has 4 N–H and O–H groups in total. The van der Waals surface area contributed by atoms with Crippen LogP contribution < -0.4 is 17.0 Å². The van der Waals surface area contributed by atoms with Crippen molar-refractivity contribution in [1.29, 1.82) is 0 Å². The van der Waals surface area contributed by atoms with Crippen LogP contribution in [-0.2, 0) is 11.2 Å². The second-order valence-electron chi connectivity index (χ2n) is 3.09. The van der Waals surface area contributed by atoms with E-state index in [0.29, 0.717) is 11.1 Å². The van der Waals surface area contributed by atoms with Crippen molar-refractivity contribution in [2.45, 2.75) is 6.42 Å². The molecule has 0 unspecified atom stereocenters. The number of rotatable bonds is 2. The highest BCUT2D eigenvalue weighted by Crippen LogP contribution is 2.12. The van der Waals surface area contributed by atoms with Crippen molar-refractivity contribution < 1.29 is 9.21 Å². The van der Waals surface area contributed by atoms with Gasteiger partial charge in [0.1, 0.15) is 0 Å². The summed E-state index contributed by atoms with van der Waals surface area (Å²) in [6, 6.07) is 5.01. The van der Waals surface area contributed by atoms with Gasteiger partial charge in [0.05, 0.1) is 11.9 Å². The molecule has 0 fully saturated rings. The van der Waals surface area contributed by atoms with E-state index in [2.05, 4.69) is 4.98 Å². The molecule has 1 amide bonds. The molecule has 78 valence electrons. The largest absolute Gasteiger partial charge is 0.417 e. The van der Waals surface area contributed by atoms with E-state index < -0.39 is 5.76 Å². The number of hydrogen-bond acceptors (Lipinski definition) is 4. The average molecular weight is 207 g/mol. The number of H-pyrrole nitrogens is 1. The first-order chi connectivity index (χ1) is 7.19. The Morgan fingerprint density at radius 1 is 1.53 bits per heavy atom. The van der Waals surface area contributed by atoms with Crippen LogP contribution in [0.25, 0.3) is 11.1 Å². The molecule has 0 saturated carbocycles. The van der Waals surface area contributed by atoms with Crippen LogP contribution in [0, 0.1) is 0 Å². The molecule has 1 heterocycles. The first-order valence-corrected chi connectivity index (χ1v) is 4.30. The van der Waals surface area contributed by atoms with Crippen molar-refractivity contribution >= 4 is 17.0 Å². The van der Waals surface area contributed by atoms with Gasteiger partial charge in [-0.2, -0.15) is 0 Å². The number of benzene rings is 1. The Balaban J connectivity index is 2.38. The van der Waals surface area contributed by atoms with Crippen LogP contribution in [-0.4, -0.2) is 10.9 Å². The summed E-state index contributed by atoms with van der Waals surface area (Å²) in [5.74, 6) is 4.16. The van der Waals surface area contributed by atoms with Crippen molar-refractivity contribution in [3.63, 3.8) is 0 Å². The van der Waals surface area contributed by atoms with Gasteiger partial charge in [0.2, 0.25) is 5.91 Å². The lowest BCUT2D eigenvalue weighted by atomic mass is 10.1. The van der Waals surface area contributed by atoms with Crippen molar-refractivity contribution in [3.05, 3.63) is 34.3 Å². The van der Waals surface area contributed by atoms with Crippen molar-refractivity contribution in [3.8, 4) is 0 Å². The predicted molar refractivity (Wildman–Crippen MR) is 52.9 cm³/mol. The summed E-state index contributed by atoms with van der Waals surface area (Å²) in [6.45, 7) is 0. The Kier molecular flexibility index (Phi) is 2.26. The number of carbonyl (C=O) groups excluding carboxylic acids is 1. The Morgan fingerprint density at radius 3 is 3.07 bits per heavy atom. The molecule has 15 heavy (non-hydrogen) atoms. The van der Waals surface area contributed by atoms with E-state index in [1.165, 1.54) is 0 Å². The Bertz CT molecular complexity index is 555. The quantitative estimate of drug-likeness (QED) is 0.356. The zero-order valence-corrected chi connectivity index (χ0v) is 7.74. The average Bonchev–Trinajstić information content (AvgIpc) is 2.57. The van der Waals surface area contributed by atoms with Crippen LogP contribution >= 0.6 is 0 Å². The molecular formula is C9H9N3O3. The van der Waals surface area contributed by atoms with Gasteiger partial charge in [0.25, 0.3) is 0 Å². The Hall–Kier alpha value is -2.08. The number of nitrogens with one attached hydrogen (secondary N) is 2. The van der Waals surface area contributed by atoms with Crippen LogP contribution in [0.5, 0.6) is 0 Å². The number of amides is 1. The van der Waals surface area contributed by atoms with Gasteiger partial charge in [-0.25, -0.2) is 10.6 Å². The smallest absolute Gasteiger partial charge is 0.408 e. The molecule has 1 aromatic heterocycles. The summed E-state index contributed by atoms with van der Waals surface area (Å²) in [4.78, 5) is 24.4. The molecule has 0 saturated heterocycles. The number of hydrogen-bond donors (Lipinski definition) is 3. The zero-order valence-electron chi connectivity index (χ0n) is 7.74. The molecule has 0 aliphatic carbocycles. The summed E-state index contributed by atoms with van der Waals surface area (Å²) >= 11 is 0. The van der Waals surface area contributed by atoms with E-state index in [9.17, 15) is 9.59 Å². The number of fused-ring (bicyclic) bond motifs is 1. The summed E-state index contributed by atoms with van der Waals surface area (Å²) in [7, 11) is 0. The SMILES string of the molecule is NNC(=O)Cc1ccc2oc(=O)[nH]c2c1. The van der Waals surface area contributed by atoms with Gasteiger partial charge >= 0.3 is 5.76 Å². The Morgan fingerprint density at radius 2 is 2.33 bits per heavy atom. The van der Waals surface area contributed by atoms with Gasteiger partial charge in [-0.1, -0.05) is 6.07 Å². The summed E-state index contributed by atoms with van der Waals surface area (Å²) < 4.78 is 4.82. The second-order valence-corrected chi connectivity index (χ2v) is 3.09. The van der Waals surface area contributed by atoms with E-state index in [0.717, 1.165) is 5.56 Å². The predicted octanol–water partition coefficient (Wildman–Crippen LogP) is -0.347. The number of hydrazine groups is 1. The lowest BCUT2D eigenvalue weighted by Gasteiger charge is -1.99. The molecule has 0 aliphatic heterocycles. The highest BCUT2D eigenvalue weighted by Gasteiger charge is 2.05. The van der Waals surface area contributed by atoms with Gasteiger partial charge in [0.15, 0.2) is 5.58 Å². The third-order valence-corrected chi connectivity index (χ3v) is 2.01. The number of aromatic nitrogens is 1. The molecular weight excluding hydrogens is 198 g/mol. The van der Waals surface area contributed by atoms with Gasteiger partial charge < -0.3 is 4.42 Å². The van der Waals surface area contributed by atoms with Crippen LogP contribution in [0.1, 0.15) is 5.56 Å². The number of nitrogens with two attached hydrogens (primary N) is 1. The molecule has 6 nitrogen and oxygen atoms in total. The zero-order chi connectivity index (χ0) is 10.8. The third-order valence-electron chi connectivity index (χ3n) is 2.01. The van der Waals surface area contributed by atoms with Gasteiger partial charge in [-0.3, -0.25) is 15.2 Å². The van der Waals surface area contributed by atoms with Gasteiger partial charge in [0, 0.05) is 0 Å². The first-order valence-electron chi connectivity index (χ1n) is 4.30. The van der Waals surface area contributed by atoms with E-state index >= 15 is 0 Å². The molecule has 0 aliphatic rings. The minimum Gasteiger partial charge on any atom is -0.408 e. The fourth-order valence-corrected chi connectivity index (χ4v) is 1.35. The van der Waals surface area contributed by atoms with Crippen molar-refractivity contribution in [1.82, 2.24) is 10.4 Å². The molecule has 6 heteroatoms. The van der Waals surface area contributed by atoms with E-state index in [4.69, 9.17) is 10.3 Å². The standard InChI is InChI=1S/C9H9N3O3/c10-12-8(13)4-5-1-2-7-6(3-5)11-9(14)15-7/h1-3H,4,10H2,(H,11,14)(H,12,13). The summed E-state index contributed by atoms with van der Waals surface area (Å²) in [6.07, 6.45) is 0.166. The topological polar surface area (TPSA) is 101 Å². The summed E-state index contributed by atoms with van der Waals surface area (Å²) in [5.41, 5.74) is 3.83. The van der Waals surface area contributed by atoms with Crippen molar-refractivity contribution in [2.75, 3.05) is 0 Å². The maximum absolute atomic E-state index is 11.0. The molecule has 0 spiro atoms.